The van der Waals surface area contributed by atoms with Gasteiger partial charge in [-0.2, -0.15) is 0 Å². The normalized spacial score (nSPS) is 16.0. The molecule has 0 spiro atoms. The lowest BCUT2D eigenvalue weighted by Crippen LogP contribution is -2.18. The molecule has 4 heteroatoms. The molecule has 0 aliphatic heterocycles. The molecule has 0 bridgehead atoms. The standard InChI is InChI=1S/C18H18N4.C2H6/c1-12-9-16-17(19-10-12)18(21-11-20-16)22-15-8-4-6-13-5-2-3-7-14(13)15;1-2/h2-3,5,7,9-11,15H,4,6,8H2,1H3,(H,20,21,22);1-2H3. The van der Waals surface area contributed by atoms with Gasteiger partial charge in [0.05, 0.1) is 11.6 Å². The van der Waals surface area contributed by atoms with Crippen molar-refractivity contribution in [1.82, 2.24) is 15.0 Å². The van der Waals surface area contributed by atoms with Gasteiger partial charge in [-0.3, -0.25) is 4.98 Å². The van der Waals surface area contributed by atoms with E-state index in [1.807, 2.05) is 33.0 Å². The van der Waals surface area contributed by atoms with E-state index in [1.54, 1.807) is 6.33 Å². The van der Waals surface area contributed by atoms with E-state index in [0.29, 0.717) is 6.04 Å². The molecular formula is C20H24N4. The van der Waals surface area contributed by atoms with E-state index < -0.39 is 0 Å². The molecule has 0 fully saturated rings. The van der Waals surface area contributed by atoms with Gasteiger partial charge in [0.1, 0.15) is 11.8 Å². The zero-order valence-corrected chi connectivity index (χ0v) is 14.6. The van der Waals surface area contributed by atoms with Gasteiger partial charge in [-0.25, -0.2) is 9.97 Å². The molecule has 4 nitrogen and oxygen atoms in total. The van der Waals surface area contributed by atoms with Crippen molar-refractivity contribution in [3.63, 3.8) is 0 Å². The van der Waals surface area contributed by atoms with Crippen LogP contribution in [0.4, 0.5) is 5.82 Å². The number of pyridine rings is 1. The van der Waals surface area contributed by atoms with Gasteiger partial charge in [-0.15, -0.1) is 0 Å². The maximum atomic E-state index is 4.51. The van der Waals surface area contributed by atoms with Gasteiger partial charge in [-0.1, -0.05) is 38.1 Å². The Bertz CT molecular complexity index is 829. The van der Waals surface area contributed by atoms with Crippen LogP contribution in [0.5, 0.6) is 0 Å². The highest BCUT2D eigenvalue weighted by Gasteiger charge is 2.20. The number of benzene rings is 1. The Morgan fingerprint density at radius 3 is 2.79 bits per heavy atom. The Hall–Kier alpha value is -2.49. The van der Waals surface area contributed by atoms with E-state index in [2.05, 4.69) is 44.5 Å². The summed E-state index contributed by atoms with van der Waals surface area (Å²) in [5.41, 5.74) is 5.67. The average molecular weight is 320 g/mol. The van der Waals surface area contributed by atoms with E-state index in [-0.39, 0.29) is 0 Å². The van der Waals surface area contributed by atoms with Gasteiger partial charge in [0.25, 0.3) is 0 Å². The largest absolute Gasteiger partial charge is 0.361 e. The summed E-state index contributed by atoms with van der Waals surface area (Å²) in [7, 11) is 0. The molecule has 0 saturated heterocycles. The predicted molar refractivity (Wildman–Crippen MR) is 99.2 cm³/mol. The Kier molecular flexibility index (Phi) is 5.04. The molecule has 3 aromatic rings. The summed E-state index contributed by atoms with van der Waals surface area (Å²) >= 11 is 0. The Balaban J connectivity index is 0.000000815. The molecule has 0 saturated carbocycles. The van der Waals surface area contributed by atoms with Crippen LogP contribution < -0.4 is 5.32 Å². The second-order valence-electron chi connectivity index (χ2n) is 5.89. The van der Waals surface area contributed by atoms with Crippen LogP contribution in [0, 0.1) is 6.92 Å². The van der Waals surface area contributed by atoms with Crippen LogP contribution in [0.25, 0.3) is 11.0 Å². The minimum absolute atomic E-state index is 0.297. The van der Waals surface area contributed by atoms with Crippen LogP contribution in [-0.2, 0) is 6.42 Å². The second kappa shape index (κ2) is 7.39. The zero-order valence-electron chi connectivity index (χ0n) is 14.6. The molecule has 0 radical (unpaired) electrons. The van der Waals surface area contributed by atoms with Crippen LogP contribution in [0.2, 0.25) is 0 Å². The van der Waals surface area contributed by atoms with Crippen LogP contribution in [-0.4, -0.2) is 15.0 Å². The SMILES string of the molecule is CC.Cc1cnc2c(NC3CCCc4ccccc43)ncnc2c1. The van der Waals surface area contributed by atoms with Crippen molar-refractivity contribution in [1.29, 1.82) is 0 Å². The van der Waals surface area contributed by atoms with Crippen LogP contribution in [0.1, 0.15) is 49.4 Å². The molecule has 4 rings (SSSR count). The number of aromatic nitrogens is 3. The predicted octanol–water partition coefficient (Wildman–Crippen LogP) is 4.85. The van der Waals surface area contributed by atoms with Crippen molar-refractivity contribution in [3.05, 3.63) is 59.5 Å². The topological polar surface area (TPSA) is 50.7 Å². The molecule has 1 aliphatic carbocycles. The number of nitrogens with one attached hydrogen (secondary N) is 1. The smallest absolute Gasteiger partial charge is 0.156 e. The van der Waals surface area contributed by atoms with Crippen molar-refractivity contribution in [2.24, 2.45) is 0 Å². The minimum atomic E-state index is 0.297. The lowest BCUT2D eigenvalue weighted by molar-refractivity contribution is 0.599. The first-order chi connectivity index (χ1) is 11.8. The highest BCUT2D eigenvalue weighted by atomic mass is 15.1. The maximum Gasteiger partial charge on any atom is 0.156 e. The summed E-state index contributed by atoms with van der Waals surface area (Å²) in [6.07, 6.45) is 6.96. The molecule has 1 aromatic carbocycles. The average Bonchev–Trinajstić information content (AvgIpc) is 2.64. The molecule has 1 atom stereocenters. The zero-order chi connectivity index (χ0) is 16.9. The van der Waals surface area contributed by atoms with Crippen molar-refractivity contribution < 1.29 is 0 Å². The third kappa shape index (κ3) is 3.23. The third-order valence-corrected chi connectivity index (χ3v) is 4.29. The van der Waals surface area contributed by atoms with E-state index in [4.69, 9.17) is 0 Å². The summed E-state index contributed by atoms with van der Waals surface area (Å²) in [6.45, 7) is 6.03. The first kappa shape index (κ1) is 16.4. The van der Waals surface area contributed by atoms with Gasteiger partial charge in [0.2, 0.25) is 0 Å². The number of nitrogens with zero attached hydrogens (tertiary/aromatic N) is 3. The molecule has 1 aliphatic rings. The number of fused-ring (bicyclic) bond motifs is 2. The van der Waals surface area contributed by atoms with E-state index in [1.165, 1.54) is 17.5 Å². The fourth-order valence-electron chi connectivity index (χ4n) is 3.22. The number of aryl methyl sites for hydroxylation is 2. The number of anilines is 1. The summed E-state index contributed by atoms with van der Waals surface area (Å²) in [5, 5.41) is 3.59. The monoisotopic (exact) mass is 320 g/mol. The minimum Gasteiger partial charge on any atom is -0.361 e. The molecular weight excluding hydrogens is 296 g/mol. The third-order valence-electron chi connectivity index (χ3n) is 4.29. The van der Waals surface area contributed by atoms with E-state index in [0.717, 1.165) is 35.3 Å². The van der Waals surface area contributed by atoms with Crippen LogP contribution in [0.15, 0.2) is 42.9 Å². The van der Waals surface area contributed by atoms with Gasteiger partial charge in [-0.05, 0) is 48.9 Å². The molecule has 2 aromatic heterocycles. The van der Waals surface area contributed by atoms with Crippen molar-refractivity contribution >= 4 is 16.9 Å². The van der Waals surface area contributed by atoms with Crippen LogP contribution in [0.3, 0.4) is 0 Å². The van der Waals surface area contributed by atoms with Gasteiger partial charge >= 0.3 is 0 Å². The van der Waals surface area contributed by atoms with Crippen molar-refractivity contribution in [2.75, 3.05) is 5.32 Å². The van der Waals surface area contributed by atoms with Gasteiger partial charge in [0, 0.05) is 6.20 Å². The molecule has 24 heavy (non-hydrogen) atoms. The molecule has 2 heterocycles. The van der Waals surface area contributed by atoms with Gasteiger partial charge in [0.15, 0.2) is 5.82 Å². The molecule has 0 amide bonds. The summed E-state index contributed by atoms with van der Waals surface area (Å²) in [6, 6.07) is 11.0. The second-order valence-corrected chi connectivity index (χ2v) is 5.89. The Morgan fingerprint density at radius 2 is 1.92 bits per heavy atom. The summed E-state index contributed by atoms with van der Waals surface area (Å²) in [5.74, 6) is 0.826. The quantitative estimate of drug-likeness (QED) is 0.733. The van der Waals surface area contributed by atoms with E-state index >= 15 is 0 Å². The van der Waals surface area contributed by atoms with Crippen molar-refractivity contribution in [3.8, 4) is 0 Å². The molecule has 124 valence electrons. The first-order valence-electron chi connectivity index (χ1n) is 8.73. The van der Waals surface area contributed by atoms with Crippen LogP contribution >= 0.6 is 0 Å². The highest BCUT2D eigenvalue weighted by molar-refractivity contribution is 5.85. The van der Waals surface area contributed by atoms with E-state index in [9.17, 15) is 0 Å². The Morgan fingerprint density at radius 1 is 1.08 bits per heavy atom. The number of hydrogen-bond acceptors (Lipinski definition) is 4. The molecule has 1 N–H and O–H groups in total. The fourth-order valence-corrected chi connectivity index (χ4v) is 3.22. The van der Waals surface area contributed by atoms with Crippen molar-refractivity contribution in [2.45, 2.75) is 46.1 Å². The lowest BCUT2D eigenvalue weighted by atomic mass is 9.88. The number of rotatable bonds is 2. The number of hydrogen-bond donors (Lipinski definition) is 1. The molecule has 1 unspecified atom stereocenters. The highest BCUT2D eigenvalue weighted by Crippen LogP contribution is 2.33. The fraction of sp³-hybridized carbons (Fsp3) is 0.350. The Labute approximate surface area is 143 Å². The lowest BCUT2D eigenvalue weighted by Gasteiger charge is -2.26. The van der Waals surface area contributed by atoms with Gasteiger partial charge < -0.3 is 5.32 Å². The summed E-state index contributed by atoms with van der Waals surface area (Å²) < 4.78 is 0. The maximum absolute atomic E-state index is 4.51. The first-order valence-corrected chi connectivity index (χ1v) is 8.73. The summed E-state index contributed by atoms with van der Waals surface area (Å²) in [4.78, 5) is 13.3.